The molecule has 4 nitrogen and oxygen atoms in total. The molecule has 1 amide bonds. The van der Waals surface area contributed by atoms with Crippen molar-refractivity contribution in [1.29, 1.82) is 0 Å². The highest BCUT2D eigenvalue weighted by Gasteiger charge is 1.97. The van der Waals surface area contributed by atoms with Crippen molar-refractivity contribution >= 4 is 5.91 Å². The topological polar surface area (TPSA) is 81.1 Å². The second kappa shape index (κ2) is 5.20. The van der Waals surface area contributed by atoms with Crippen molar-refractivity contribution in [2.24, 2.45) is 11.5 Å². The van der Waals surface area contributed by atoms with E-state index in [0.717, 1.165) is 6.42 Å². The standard InChI is InChI=1S/C6H15N3O/c1-5(10)9-3-2-6(8)4-7/h6H,2-4,7-8H2,1H3,(H,9,10). The molecule has 0 aliphatic rings. The lowest BCUT2D eigenvalue weighted by atomic mass is 10.2. The van der Waals surface area contributed by atoms with Gasteiger partial charge in [-0.2, -0.15) is 0 Å². The van der Waals surface area contributed by atoms with Gasteiger partial charge in [0.2, 0.25) is 5.91 Å². The Hall–Kier alpha value is -0.610. The van der Waals surface area contributed by atoms with E-state index in [1.54, 1.807) is 0 Å². The fourth-order valence-corrected chi connectivity index (χ4v) is 0.551. The van der Waals surface area contributed by atoms with Crippen molar-refractivity contribution in [2.75, 3.05) is 13.1 Å². The summed E-state index contributed by atoms with van der Waals surface area (Å²) in [5.41, 5.74) is 10.7. The van der Waals surface area contributed by atoms with Crippen molar-refractivity contribution in [2.45, 2.75) is 19.4 Å². The predicted molar refractivity (Wildman–Crippen MR) is 40.3 cm³/mol. The minimum atomic E-state index is -0.0239. The highest BCUT2D eigenvalue weighted by Crippen LogP contribution is 1.81. The molecule has 0 fully saturated rings. The molecule has 60 valence electrons. The van der Waals surface area contributed by atoms with Gasteiger partial charge in [0.1, 0.15) is 0 Å². The SMILES string of the molecule is CC(=O)NCCC(N)CN. The van der Waals surface area contributed by atoms with Crippen molar-refractivity contribution in [3.05, 3.63) is 0 Å². The number of carbonyl (C=O) groups is 1. The quantitative estimate of drug-likeness (QED) is 0.464. The summed E-state index contributed by atoms with van der Waals surface area (Å²) in [6.07, 6.45) is 0.746. The van der Waals surface area contributed by atoms with Crippen LogP contribution in [0, 0.1) is 0 Å². The van der Waals surface area contributed by atoms with Crippen LogP contribution in [0.3, 0.4) is 0 Å². The number of rotatable bonds is 4. The number of nitrogens with two attached hydrogens (primary N) is 2. The Morgan fingerprint density at radius 2 is 2.30 bits per heavy atom. The van der Waals surface area contributed by atoms with Gasteiger partial charge in [-0.15, -0.1) is 0 Å². The van der Waals surface area contributed by atoms with Crippen LogP contribution in [-0.2, 0) is 4.79 Å². The lowest BCUT2D eigenvalue weighted by molar-refractivity contribution is -0.118. The summed E-state index contributed by atoms with van der Waals surface area (Å²) in [6.45, 7) is 2.57. The Balaban J connectivity index is 3.11. The van der Waals surface area contributed by atoms with Crippen LogP contribution < -0.4 is 16.8 Å². The van der Waals surface area contributed by atoms with Crippen LogP contribution in [0.25, 0.3) is 0 Å². The van der Waals surface area contributed by atoms with Crippen LogP contribution in [0.5, 0.6) is 0 Å². The first-order valence-electron chi connectivity index (χ1n) is 3.37. The van der Waals surface area contributed by atoms with E-state index in [-0.39, 0.29) is 11.9 Å². The smallest absolute Gasteiger partial charge is 0.216 e. The molecule has 4 heteroatoms. The Labute approximate surface area is 61.0 Å². The predicted octanol–water partition coefficient (Wildman–Crippen LogP) is -1.20. The van der Waals surface area contributed by atoms with Gasteiger partial charge in [-0.1, -0.05) is 0 Å². The highest BCUT2D eigenvalue weighted by molar-refractivity contribution is 5.72. The Morgan fingerprint density at radius 1 is 1.70 bits per heavy atom. The molecule has 0 saturated heterocycles. The van der Waals surface area contributed by atoms with Gasteiger partial charge in [-0.25, -0.2) is 0 Å². The summed E-state index contributed by atoms with van der Waals surface area (Å²) in [6, 6.07) is 0.00634. The lowest BCUT2D eigenvalue weighted by Gasteiger charge is -2.07. The fourth-order valence-electron chi connectivity index (χ4n) is 0.551. The summed E-state index contributed by atoms with van der Waals surface area (Å²) in [4.78, 5) is 10.3. The zero-order valence-electron chi connectivity index (χ0n) is 6.26. The third-order valence-corrected chi connectivity index (χ3v) is 1.19. The second-order valence-electron chi connectivity index (χ2n) is 2.27. The van der Waals surface area contributed by atoms with Crippen LogP contribution in [0.15, 0.2) is 0 Å². The first kappa shape index (κ1) is 9.39. The molecule has 0 spiro atoms. The van der Waals surface area contributed by atoms with Crippen LogP contribution in [0.1, 0.15) is 13.3 Å². The normalized spacial score (nSPS) is 12.7. The van der Waals surface area contributed by atoms with Gasteiger partial charge in [0.15, 0.2) is 0 Å². The van der Waals surface area contributed by atoms with E-state index in [0.29, 0.717) is 13.1 Å². The van der Waals surface area contributed by atoms with Crippen LogP contribution in [0.2, 0.25) is 0 Å². The summed E-state index contributed by atoms with van der Waals surface area (Å²) in [5.74, 6) is -0.0239. The molecule has 0 heterocycles. The number of carbonyl (C=O) groups excluding carboxylic acids is 1. The Morgan fingerprint density at radius 3 is 2.70 bits per heavy atom. The van der Waals surface area contributed by atoms with Crippen molar-refractivity contribution in [1.82, 2.24) is 5.32 Å². The van der Waals surface area contributed by atoms with E-state index in [4.69, 9.17) is 11.5 Å². The molecule has 0 radical (unpaired) electrons. The molecule has 5 N–H and O–H groups in total. The molecule has 10 heavy (non-hydrogen) atoms. The summed E-state index contributed by atoms with van der Waals surface area (Å²) < 4.78 is 0. The molecule has 0 bridgehead atoms. The molecule has 1 atom stereocenters. The number of amides is 1. The first-order chi connectivity index (χ1) is 4.66. The van der Waals surface area contributed by atoms with E-state index in [1.165, 1.54) is 6.92 Å². The molecular weight excluding hydrogens is 130 g/mol. The highest BCUT2D eigenvalue weighted by atomic mass is 16.1. The summed E-state index contributed by atoms with van der Waals surface area (Å²) >= 11 is 0. The molecule has 1 unspecified atom stereocenters. The van der Waals surface area contributed by atoms with Gasteiger partial charge in [0.05, 0.1) is 0 Å². The molecule has 0 aliphatic carbocycles. The molecule has 0 rings (SSSR count). The van der Waals surface area contributed by atoms with Crippen LogP contribution >= 0.6 is 0 Å². The average molecular weight is 145 g/mol. The maximum absolute atomic E-state index is 10.3. The van der Waals surface area contributed by atoms with E-state index < -0.39 is 0 Å². The van der Waals surface area contributed by atoms with E-state index in [9.17, 15) is 4.79 Å². The fraction of sp³-hybridized carbons (Fsp3) is 0.833. The molecule has 0 aromatic rings. The third kappa shape index (κ3) is 5.53. The third-order valence-electron chi connectivity index (χ3n) is 1.19. The molecule has 0 aliphatic heterocycles. The van der Waals surface area contributed by atoms with E-state index in [2.05, 4.69) is 5.32 Å². The second-order valence-corrected chi connectivity index (χ2v) is 2.27. The van der Waals surface area contributed by atoms with Gasteiger partial charge in [-0.3, -0.25) is 4.79 Å². The van der Waals surface area contributed by atoms with Crippen LogP contribution in [-0.4, -0.2) is 25.0 Å². The van der Waals surface area contributed by atoms with Crippen LogP contribution in [0.4, 0.5) is 0 Å². The van der Waals surface area contributed by atoms with Gasteiger partial charge in [-0.05, 0) is 6.42 Å². The van der Waals surface area contributed by atoms with Gasteiger partial charge < -0.3 is 16.8 Å². The Bertz CT molecular complexity index is 105. The lowest BCUT2D eigenvalue weighted by Crippen LogP contribution is -2.34. The minimum absolute atomic E-state index is 0.00634. The Kier molecular flexibility index (Phi) is 4.88. The van der Waals surface area contributed by atoms with Gasteiger partial charge in [0, 0.05) is 26.1 Å². The van der Waals surface area contributed by atoms with Crippen molar-refractivity contribution < 1.29 is 4.79 Å². The maximum Gasteiger partial charge on any atom is 0.216 e. The van der Waals surface area contributed by atoms with Gasteiger partial charge >= 0.3 is 0 Å². The zero-order valence-corrected chi connectivity index (χ0v) is 6.26. The van der Waals surface area contributed by atoms with Crippen molar-refractivity contribution in [3.8, 4) is 0 Å². The largest absolute Gasteiger partial charge is 0.356 e. The molecule has 0 aromatic heterocycles. The van der Waals surface area contributed by atoms with Gasteiger partial charge in [0.25, 0.3) is 0 Å². The molecule has 0 aromatic carbocycles. The first-order valence-corrected chi connectivity index (χ1v) is 3.37. The molecular formula is C6H15N3O. The minimum Gasteiger partial charge on any atom is -0.356 e. The summed E-state index contributed by atoms with van der Waals surface area (Å²) in [7, 11) is 0. The van der Waals surface area contributed by atoms with Crippen molar-refractivity contribution in [3.63, 3.8) is 0 Å². The number of nitrogens with one attached hydrogen (secondary N) is 1. The molecule has 0 saturated carbocycles. The maximum atomic E-state index is 10.3. The average Bonchev–Trinajstić information content (AvgIpc) is 1.87. The number of hydrogen-bond acceptors (Lipinski definition) is 3. The monoisotopic (exact) mass is 145 g/mol. The summed E-state index contributed by atoms with van der Waals surface area (Å²) in [5, 5.41) is 2.64. The van der Waals surface area contributed by atoms with E-state index in [1.807, 2.05) is 0 Å². The van der Waals surface area contributed by atoms with E-state index >= 15 is 0 Å². The number of hydrogen-bond donors (Lipinski definition) is 3. The zero-order chi connectivity index (χ0) is 7.98.